The van der Waals surface area contributed by atoms with Crippen LogP contribution in [0.5, 0.6) is 0 Å². The first kappa shape index (κ1) is 17.1. The number of hydrogen-bond acceptors (Lipinski definition) is 3. The number of hydrogen-bond donors (Lipinski definition) is 1. The van der Waals surface area contributed by atoms with E-state index in [1.54, 1.807) is 30.6 Å². The van der Waals surface area contributed by atoms with Gasteiger partial charge in [0.2, 0.25) is 0 Å². The minimum atomic E-state index is -0.271. The maximum Gasteiger partial charge on any atom is 0.268 e. The zero-order valence-corrected chi connectivity index (χ0v) is 15.4. The second-order valence-corrected chi connectivity index (χ2v) is 7.75. The lowest BCUT2D eigenvalue weighted by Gasteiger charge is -2.11. The number of carbonyl (C=O) groups excluding carboxylic acids is 1. The fourth-order valence-corrected chi connectivity index (χ4v) is 4.06. The predicted octanol–water partition coefficient (Wildman–Crippen LogP) is 4.03. The molecule has 0 aliphatic carbocycles. The molecule has 1 N–H and O–H groups in total. The van der Waals surface area contributed by atoms with Gasteiger partial charge in [0.1, 0.15) is 11.5 Å². The Balaban J connectivity index is 1.94. The molecule has 0 aliphatic heterocycles. The number of halogens is 2. The molecule has 0 radical (unpaired) electrons. The van der Waals surface area contributed by atoms with E-state index in [4.69, 9.17) is 4.74 Å². The highest BCUT2D eigenvalue weighted by molar-refractivity contribution is 9.11. The summed E-state index contributed by atoms with van der Waals surface area (Å²) in [6.45, 7) is 1.42. The van der Waals surface area contributed by atoms with E-state index in [2.05, 4.69) is 21.2 Å². The van der Waals surface area contributed by atoms with E-state index in [1.807, 2.05) is 16.7 Å². The van der Waals surface area contributed by atoms with Crippen LogP contribution in [0.15, 0.2) is 40.2 Å². The maximum atomic E-state index is 13.1. The molecular formula is C17H16BrFN2O2S. The Bertz CT molecular complexity index is 857. The van der Waals surface area contributed by atoms with Crippen molar-refractivity contribution in [2.45, 2.75) is 6.54 Å². The van der Waals surface area contributed by atoms with E-state index in [0.717, 1.165) is 19.6 Å². The summed E-state index contributed by atoms with van der Waals surface area (Å²) in [5, 5.41) is 2.85. The fourth-order valence-electron chi connectivity index (χ4n) is 2.50. The Labute approximate surface area is 151 Å². The van der Waals surface area contributed by atoms with Crippen LogP contribution in [-0.2, 0) is 11.3 Å². The van der Waals surface area contributed by atoms with Crippen molar-refractivity contribution in [2.75, 3.05) is 20.3 Å². The first-order chi connectivity index (χ1) is 11.6. The topological polar surface area (TPSA) is 43.3 Å². The third-order valence-corrected chi connectivity index (χ3v) is 5.21. The SMILES string of the molecule is COCCNC(=O)c1cc2sc(Br)cc2n1Cc1ccc(F)cc1. The van der Waals surface area contributed by atoms with Crippen molar-refractivity contribution in [3.8, 4) is 0 Å². The van der Waals surface area contributed by atoms with Crippen LogP contribution in [0.3, 0.4) is 0 Å². The number of ether oxygens (including phenoxy) is 1. The second-order valence-electron chi connectivity index (χ2n) is 5.29. The van der Waals surface area contributed by atoms with Crippen LogP contribution in [0.25, 0.3) is 10.2 Å². The summed E-state index contributed by atoms with van der Waals surface area (Å²) in [6.07, 6.45) is 0. The van der Waals surface area contributed by atoms with Gasteiger partial charge in [0.15, 0.2) is 0 Å². The summed E-state index contributed by atoms with van der Waals surface area (Å²) in [6, 6.07) is 10.2. The van der Waals surface area contributed by atoms with Crippen LogP contribution in [0.1, 0.15) is 16.1 Å². The van der Waals surface area contributed by atoms with E-state index in [9.17, 15) is 9.18 Å². The molecule has 1 amide bonds. The van der Waals surface area contributed by atoms with Crippen LogP contribution < -0.4 is 5.32 Å². The molecule has 3 aromatic rings. The monoisotopic (exact) mass is 410 g/mol. The minimum absolute atomic E-state index is 0.145. The van der Waals surface area contributed by atoms with Gasteiger partial charge in [0.25, 0.3) is 5.91 Å². The fraction of sp³-hybridized carbons (Fsp3) is 0.235. The standard InChI is InChI=1S/C17H16BrFN2O2S/c1-23-7-6-20-17(22)14-8-15-13(9-16(18)24-15)21(14)10-11-2-4-12(19)5-3-11/h2-5,8-9H,6-7,10H2,1H3,(H,20,22). The highest BCUT2D eigenvalue weighted by Gasteiger charge is 2.17. The summed E-state index contributed by atoms with van der Waals surface area (Å²) in [5.74, 6) is -0.416. The van der Waals surface area contributed by atoms with Gasteiger partial charge in [0, 0.05) is 20.2 Å². The van der Waals surface area contributed by atoms with E-state index in [0.29, 0.717) is 25.4 Å². The Morgan fingerprint density at radius 2 is 2.08 bits per heavy atom. The number of nitrogens with one attached hydrogen (secondary N) is 1. The van der Waals surface area contributed by atoms with Crippen molar-refractivity contribution in [2.24, 2.45) is 0 Å². The number of thiophene rings is 1. The lowest BCUT2D eigenvalue weighted by atomic mass is 10.2. The van der Waals surface area contributed by atoms with Crippen LogP contribution in [0.4, 0.5) is 4.39 Å². The van der Waals surface area contributed by atoms with Crippen molar-refractivity contribution in [1.29, 1.82) is 0 Å². The van der Waals surface area contributed by atoms with E-state index >= 15 is 0 Å². The summed E-state index contributed by atoms with van der Waals surface area (Å²) >= 11 is 5.06. The molecule has 0 spiro atoms. The molecule has 3 rings (SSSR count). The van der Waals surface area contributed by atoms with E-state index in [-0.39, 0.29) is 11.7 Å². The molecule has 0 aliphatic rings. The van der Waals surface area contributed by atoms with Gasteiger partial charge in [-0.25, -0.2) is 4.39 Å². The third-order valence-electron chi connectivity index (χ3n) is 3.64. The number of aromatic nitrogens is 1. The predicted molar refractivity (Wildman–Crippen MR) is 97.2 cm³/mol. The number of methoxy groups -OCH3 is 1. The summed E-state index contributed by atoms with van der Waals surface area (Å²) in [5.41, 5.74) is 2.50. The van der Waals surface area contributed by atoms with Crippen LogP contribution >= 0.6 is 27.3 Å². The number of fused-ring (bicyclic) bond motifs is 1. The lowest BCUT2D eigenvalue weighted by Crippen LogP contribution is -2.29. The zero-order valence-electron chi connectivity index (χ0n) is 13.0. The van der Waals surface area contributed by atoms with Crippen molar-refractivity contribution >= 4 is 43.4 Å². The van der Waals surface area contributed by atoms with Crippen molar-refractivity contribution in [3.05, 3.63) is 57.3 Å². The average molecular weight is 411 g/mol. The van der Waals surface area contributed by atoms with Gasteiger partial charge in [-0.15, -0.1) is 11.3 Å². The number of nitrogens with zero attached hydrogens (tertiary/aromatic N) is 1. The number of amides is 1. The van der Waals surface area contributed by atoms with Gasteiger partial charge in [-0.2, -0.15) is 0 Å². The Morgan fingerprint density at radius 3 is 2.79 bits per heavy atom. The molecule has 0 saturated heterocycles. The molecule has 24 heavy (non-hydrogen) atoms. The Morgan fingerprint density at radius 1 is 1.33 bits per heavy atom. The number of benzene rings is 1. The molecule has 0 bridgehead atoms. The van der Waals surface area contributed by atoms with Crippen molar-refractivity contribution < 1.29 is 13.9 Å². The first-order valence-electron chi connectivity index (χ1n) is 7.38. The van der Waals surface area contributed by atoms with Gasteiger partial charge < -0.3 is 14.6 Å². The van der Waals surface area contributed by atoms with Gasteiger partial charge >= 0.3 is 0 Å². The second kappa shape index (κ2) is 7.46. The highest BCUT2D eigenvalue weighted by Crippen LogP contribution is 2.33. The average Bonchev–Trinajstić information content (AvgIpc) is 3.07. The van der Waals surface area contributed by atoms with Gasteiger partial charge in [0.05, 0.1) is 20.6 Å². The Hall–Kier alpha value is -1.70. The molecule has 4 nitrogen and oxygen atoms in total. The summed E-state index contributed by atoms with van der Waals surface area (Å²) in [4.78, 5) is 12.5. The van der Waals surface area contributed by atoms with Crippen molar-refractivity contribution in [1.82, 2.24) is 9.88 Å². The highest BCUT2D eigenvalue weighted by atomic mass is 79.9. The van der Waals surface area contributed by atoms with E-state index < -0.39 is 0 Å². The summed E-state index contributed by atoms with van der Waals surface area (Å²) in [7, 11) is 1.59. The smallest absolute Gasteiger partial charge is 0.268 e. The maximum absolute atomic E-state index is 13.1. The molecule has 0 saturated carbocycles. The van der Waals surface area contributed by atoms with Crippen molar-refractivity contribution in [3.63, 3.8) is 0 Å². The molecular weight excluding hydrogens is 395 g/mol. The largest absolute Gasteiger partial charge is 0.383 e. The molecule has 0 fully saturated rings. The van der Waals surface area contributed by atoms with Gasteiger partial charge in [-0.1, -0.05) is 12.1 Å². The lowest BCUT2D eigenvalue weighted by molar-refractivity contribution is 0.0928. The van der Waals surface area contributed by atoms with Gasteiger partial charge in [-0.05, 0) is 45.8 Å². The minimum Gasteiger partial charge on any atom is -0.383 e. The summed E-state index contributed by atoms with van der Waals surface area (Å²) < 4.78 is 22.1. The molecule has 126 valence electrons. The molecule has 2 aromatic heterocycles. The molecule has 1 aromatic carbocycles. The van der Waals surface area contributed by atoms with Crippen LogP contribution in [0.2, 0.25) is 0 Å². The normalized spacial score (nSPS) is 11.1. The first-order valence-corrected chi connectivity index (χ1v) is 8.99. The molecule has 0 atom stereocenters. The van der Waals surface area contributed by atoms with Crippen LogP contribution in [-0.4, -0.2) is 30.7 Å². The molecule has 2 heterocycles. The number of carbonyl (C=O) groups is 1. The third kappa shape index (κ3) is 3.68. The Kier molecular flexibility index (Phi) is 5.33. The number of rotatable bonds is 6. The molecule has 0 unspecified atom stereocenters. The van der Waals surface area contributed by atoms with Crippen LogP contribution in [0, 0.1) is 5.82 Å². The quantitative estimate of drug-likeness (QED) is 0.623. The molecule has 7 heteroatoms. The zero-order chi connectivity index (χ0) is 17.1. The van der Waals surface area contributed by atoms with Gasteiger partial charge in [-0.3, -0.25) is 4.79 Å². The van der Waals surface area contributed by atoms with E-state index in [1.165, 1.54) is 12.1 Å².